The Morgan fingerprint density at radius 2 is 1.93 bits per heavy atom. The van der Waals surface area contributed by atoms with Crippen LogP contribution in [-0.2, 0) is 6.42 Å². The largest absolute Gasteiger partial charge is 0.508 e. The lowest BCUT2D eigenvalue weighted by Gasteiger charge is -2.48. The number of aromatic hydroxyl groups is 1. The van der Waals surface area contributed by atoms with Crippen molar-refractivity contribution >= 4 is 40.1 Å². The fourth-order valence-electron chi connectivity index (χ4n) is 12.0. The van der Waals surface area contributed by atoms with Crippen LogP contribution in [0.4, 0.5) is 5.69 Å². The van der Waals surface area contributed by atoms with Gasteiger partial charge in [-0.3, -0.25) is 9.79 Å². The molecule has 4 aliphatic rings. The molecule has 310 valence electrons. The van der Waals surface area contributed by atoms with E-state index in [1.165, 1.54) is 0 Å². The summed E-state index contributed by atoms with van der Waals surface area (Å²) < 4.78 is 0. The highest BCUT2D eigenvalue weighted by molar-refractivity contribution is 7.23. The highest BCUT2D eigenvalue weighted by atomic mass is 32.1. The van der Waals surface area contributed by atoms with E-state index in [0.717, 1.165) is 108 Å². The molecule has 0 aliphatic heterocycles. The summed E-state index contributed by atoms with van der Waals surface area (Å²) in [6.07, 6.45) is 12.5. The number of carbonyl (C=O) groups is 1. The maximum Gasteiger partial charge on any atom is 0.188 e. The van der Waals surface area contributed by atoms with Crippen LogP contribution >= 0.6 is 22.7 Å². The van der Waals surface area contributed by atoms with Gasteiger partial charge in [0.2, 0.25) is 0 Å². The van der Waals surface area contributed by atoms with Crippen molar-refractivity contribution in [3.63, 3.8) is 0 Å². The van der Waals surface area contributed by atoms with Gasteiger partial charge in [-0.05, 0) is 136 Å². The Morgan fingerprint density at radius 1 is 1.12 bits per heavy atom. The van der Waals surface area contributed by atoms with Gasteiger partial charge < -0.3 is 31.7 Å². The fourth-order valence-corrected chi connectivity index (χ4v) is 14.0. The molecule has 8 unspecified atom stereocenters. The number of guanidine groups is 1. The number of phenols is 1. The second-order valence-electron chi connectivity index (χ2n) is 17.8. The van der Waals surface area contributed by atoms with Crippen molar-refractivity contribution in [2.75, 3.05) is 25.5 Å². The molecule has 7 rings (SSSR count). The first-order chi connectivity index (χ1) is 28.0. The number of nitrogens with one attached hydrogen (secondary N) is 2. The molecular weight excluding hydrogens is 761 g/mol. The zero-order valence-corrected chi connectivity index (χ0v) is 36.4. The van der Waals surface area contributed by atoms with Crippen molar-refractivity contribution in [3.05, 3.63) is 57.3 Å². The van der Waals surface area contributed by atoms with E-state index in [1.807, 2.05) is 13.0 Å². The number of carbonyl (C=O) groups excluding carboxylic acids is 1. The van der Waals surface area contributed by atoms with E-state index in [1.54, 1.807) is 42.7 Å². The van der Waals surface area contributed by atoms with Gasteiger partial charge in [-0.25, -0.2) is 0 Å². The number of anilines is 1. The Labute approximate surface area is 353 Å². The quantitative estimate of drug-likeness (QED) is 0.0353. The van der Waals surface area contributed by atoms with E-state index < -0.39 is 6.10 Å². The van der Waals surface area contributed by atoms with Gasteiger partial charge in [0.15, 0.2) is 11.7 Å². The van der Waals surface area contributed by atoms with Crippen molar-refractivity contribution in [3.8, 4) is 39.2 Å². The van der Waals surface area contributed by atoms with Crippen molar-refractivity contribution in [1.82, 2.24) is 5.32 Å². The zero-order chi connectivity index (χ0) is 41.1. The van der Waals surface area contributed by atoms with Crippen LogP contribution in [0.25, 0.3) is 9.75 Å². The number of nitrogens with zero attached hydrogens (tertiary/aromatic N) is 1. The first-order valence-electron chi connectivity index (χ1n) is 21.5. The molecule has 2 heterocycles. The summed E-state index contributed by atoms with van der Waals surface area (Å²) in [5, 5.41) is 39.5. The molecule has 2 aromatic heterocycles. The maximum atomic E-state index is 15.3. The maximum absolute atomic E-state index is 15.3. The van der Waals surface area contributed by atoms with E-state index in [-0.39, 0.29) is 58.2 Å². The first-order valence-corrected chi connectivity index (χ1v) is 23.2. The van der Waals surface area contributed by atoms with E-state index in [4.69, 9.17) is 5.73 Å². The molecule has 10 heteroatoms. The van der Waals surface area contributed by atoms with Crippen molar-refractivity contribution in [1.29, 1.82) is 0 Å². The second-order valence-corrected chi connectivity index (χ2v) is 20.0. The van der Waals surface area contributed by atoms with Crippen LogP contribution in [0.1, 0.15) is 130 Å². The number of thiophene rings is 2. The Balaban J connectivity index is 1.38. The summed E-state index contributed by atoms with van der Waals surface area (Å²) in [7, 11) is 1.70. The molecule has 3 bridgehead atoms. The average Bonchev–Trinajstić information content (AvgIpc) is 4.01. The molecule has 8 nitrogen and oxygen atoms in total. The van der Waals surface area contributed by atoms with Gasteiger partial charge in [-0.1, -0.05) is 50.4 Å². The summed E-state index contributed by atoms with van der Waals surface area (Å²) in [6, 6.07) is 11.8. The van der Waals surface area contributed by atoms with Gasteiger partial charge in [0.05, 0.1) is 27.1 Å². The minimum Gasteiger partial charge on any atom is -0.508 e. The van der Waals surface area contributed by atoms with Crippen LogP contribution in [0.2, 0.25) is 0 Å². The number of benzene rings is 1. The predicted molar refractivity (Wildman–Crippen MR) is 238 cm³/mol. The number of nitrogens with two attached hydrogens (primary N) is 1. The Kier molecular flexibility index (Phi) is 13.0. The number of unbranched alkanes of at least 4 members (excludes halogenated alkanes) is 2. The summed E-state index contributed by atoms with van der Waals surface area (Å²) >= 11 is 3.29. The molecule has 3 saturated carbocycles. The number of hydrogen-bond acceptors (Lipinski definition) is 8. The summed E-state index contributed by atoms with van der Waals surface area (Å²) in [4.78, 5) is 23.7. The number of ketones is 1. The molecule has 2 spiro atoms. The van der Waals surface area contributed by atoms with E-state index >= 15 is 4.79 Å². The Bertz CT molecular complexity index is 2120. The van der Waals surface area contributed by atoms with Crippen LogP contribution in [-0.4, -0.2) is 59.4 Å². The highest BCUT2D eigenvalue weighted by Crippen LogP contribution is 2.75. The lowest BCUT2D eigenvalue weighted by atomic mass is 9.57. The summed E-state index contributed by atoms with van der Waals surface area (Å²) in [6.45, 7) is 6.34. The van der Waals surface area contributed by atoms with E-state index in [2.05, 4.69) is 70.5 Å². The van der Waals surface area contributed by atoms with Crippen LogP contribution in [0, 0.1) is 57.7 Å². The molecule has 0 radical (unpaired) electrons. The normalized spacial score (nSPS) is 29.6. The molecular formula is C48H62N4O4S2. The van der Waals surface area contributed by atoms with E-state index in [9.17, 15) is 15.3 Å². The predicted octanol–water partition coefficient (Wildman–Crippen LogP) is 8.97. The molecule has 4 aliphatic carbocycles. The average molecular weight is 823 g/mol. The second kappa shape index (κ2) is 17.8. The smallest absolute Gasteiger partial charge is 0.188 e. The highest BCUT2D eigenvalue weighted by Gasteiger charge is 2.68. The van der Waals surface area contributed by atoms with Gasteiger partial charge in [0.1, 0.15) is 5.75 Å². The van der Waals surface area contributed by atoms with Crippen LogP contribution in [0.5, 0.6) is 5.75 Å². The Morgan fingerprint density at radius 3 is 2.69 bits per heavy atom. The molecule has 58 heavy (non-hydrogen) atoms. The molecule has 1 aromatic carbocycles. The number of fused-ring (bicyclic) bond motifs is 4. The van der Waals surface area contributed by atoms with Crippen LogP contribution in [0.15, 0.2) is 41.4 Å². The van der Waals surface area contributed by atoms with Crippen molar-refractivity contribution in [2.45, 2.75) is 123 Å². The van der Waals surface area contributed by atoms with Crippen LogP contribution < -0.4 is 16.4 Å². The van der Waals surface area contributed by atoms with Gasteiger partial charge in [-0.15, -0.1) is 28.6 Å². The molecule has 0 amide bonds. The van der Waals surface area contributed by atoms with Gasteiger partial charge >= 0.3 is 0 Å². The van der Waals surface area contributed by atoms with Gasteiger partial charge in [-0.2, -0.15) is 0 Å². The summed E-state index contributed by atoms with van der Waals surface area (Å²) in [5.74, 6) is 14.5. The number of aliphatic hydroxyl groups excluding tert-OH is 2. The monoisotopic (exact) mass is 822 g/mol. The molecule has 8 atom stereocenters. The number of aliphatic imine (C=N–C) groups is 1. The van der Waals surface area contributed by atoms with Gasteiger partial charge in [0.25, 0.3) is 0 Å². The third-order valence-corrected chi connectivity index (χ3v) is 16.7. The molecule has 0 saturated heterocycles. The fraction of sp³-hybridized carbons (Fsp3) is 0.583. The lowest BCUT2D eigenvalue weighted by molar-refractivity contribution is -0.00440. The number of hydrogen-bond donors (Lipinski definition) is 6. The Hall–Kier alpha value is -3.80. The van der Waals surface area contributed by atoms with Crippen molar-refractivity contribution < 1.29 is 20.1 Å². The molecule has 7 N–H and O–H groups in total. The summed E-state index contributed by atoms with van der Waals surface area (Å²) in [5.41, 5.74) is 8.36. The topological polar surface area (TPSA) is 140 Å². The standard InChI is InChI=1S/C48H62N4O4S2/c1-5-7-8-20-47-21-10-13-37-33(23-35(55)25-40(37)51-27-31(3)54)24-39(52-45(49)50-4)32-14-16-38(46(26-32,29-47)30-48(47)22-9-12-34(48)28-53)44(56)43-19-18-42(58-43)41-17-15-36(57-41)11-6-2/h15,17-19,23,25,31-32,34,38-39,51,53-55H,5,7-9,12,14,16,20-22,24,26-30H2,1-4H3,(H3,49,50,52). The minimum atomic E-state index is -0.582. The third kappa shape index (κ3) is 8.20. The lowest BCUT2D eigenvalue weighted by Crippen LogP contribution is -2.50. The van der Waals surface area contributed by atoms with Crippen LogP contribution in [0.3, 0.4) is 0 Å². The van der Waals surface area contributed by atoms with E-state index in [0.29, 0.717) is 31.0 Å². The number of Topliss-reactive ketones (excluding diaryl/α,β-unsaturated/α-hetero) is 1. The first kappa shape index (κ1) is 42.3. The SMILES string of the molecule is CC#Cc1ccc(-c2ccc(C(=O)C3CCC4CC35CC(CCCCC)(CC#Cc3c(cc(O)cc3NCC(C)O)CC4NC(N)=NC)C3(CCCC3CO)C5)s2)s1. The zero-order valence-electron chi connectivity index (χ0n) is 34.8. The molecule has 3 fully saturated rings. The minimum absolute atomic E-state index is 0.126. The number of rotatable bonds is 12. The van der Waals surface area contributed by atoms with Crippen molar-refractivity contribution in [2.24, 2.45) is 44.7 Å². The molecule has 3 aromatic rings. The third-order valence-electron chi connectivity index (χ3n) is 14.4. The number of phenolic OH excluding ortho intramolecular Hbond substituents is 1. The van der Waals surface area contributed by atoms with Gasteiger partial charge in [0, 0.05) is 54.4 Å². The number of aliphatic hydroxyl groups is 2.